The lowest BCUT2D eigenvalue weighted by atomic mass is 10.0. The van der Waals surface area contributed by atoms with Gasteiger partial charge in [0.2, 0.25) is 14.9 Å². The van der Waals surface area contributed by atoms with Gasteiger partial charge in [-0.2, -0.15) is 0 Å². The van der Waals surface area contributed by atoms with E-state index >= 15 is 0 Å². The molecule has 1 unspecified atom stereocenters. The van der Waals surface area contributed by atoms with Crippen molar-refractivity contribution in [3.63, 3.8) is 0 Å². The number of pyridine rings is 1. The maximum Gasteiger partial charge on any atom is 0.306 e. The molecule has 0 saturated carbocycles. The molecule has 19 heavy (non-hydrogen) atoms. The number of hydrogen-bond acceptors (Lipinski definition) is 6. The summed E-state index contributed by atoms with van der Waals surface area (Å²) in [7, 11) is -3.73. The Morgan fingerprint density at radius 1 is 1.53 bits per heavy atom. The molecule has 2 heterocycles. The molecule has 104 valence electrons. The molecule has 0 aromatic carbocycles. The van der Waals surface area contributed by atoms with E-state index in [1.807, 2.05) is 0 Å². The summed E-state index contributed by atoms with van der Waals surface area (Å²) < 4.78 is 24.5. The molecular formula is C11H15N3O4S. The highest BCUT2D eigenvalue weighted by atomic mass is 32.2. The van der Waals surface area contributed by atoms with Crippen LogP contribution in [0.5, 0.6) is 0 Å². The fraction of sp³-hybridized carbons (Fsp3) is 0.545. The Morgan fingerprint density at radius 3 is 2.95 bits per heavy atom. The van der Waals surface area contributed by atoms with Crippen LogP contribution in [0.25, 0.3) is 0 Å². The van der Waals surface area contributed by atoms with Crippen LogP contribution < -0.4 is 5.32 Å². The van der Waals surface area contributed by atoms with Crippen molar-refractivity contribution >= 4 is 15.5 Å². The van der Waals surface area contributed by atoms with E-state index in [9.17, 15) is 18.5 Å². The minimum absolute atomic E-state index is 0.0136. The van der Waals surface area contributed by atoms with Gasteiger partial charge in [0.05, 0.1) is 10.7 Å². The van der Waals surface area contributed by atoms with Gasteiger partial charge in [0.15, 0.2) is 0 Å². The van der Waals surface area contributed by atoms with Crippen LogP contribution in [0.1, 0.15) is 12.8 Å². The molecule has 1 fully saturated rings. The number of nitrogens with one attached hydrogen (secondary N) is 1. The summed E-state index contributed by atoms with van der Waals surface area (Å²) in [5.41, 5.74) is -0.453. The number of hydrogen-bond donors (Lipinski definition) is 1. The van der Waals surface area contributed by atoms with Gasteiger partial charge in [0, 0.05) is 12.3 Å². The maximum absolute atomic E-state index is 12.2. The highest BCUT2D eigenvalue weighted by Crippen LogP contribution is 2.24. The van der Waals surface area contributed by atoms with Crippen molar-refractivity contribution in [1.29, 1.82) is 0 Å². The number of nitrogens with zero attached hydrogens (tertiary/aromatic N) is 2. The molecule has 1 saturated heterocycles. The molecule has 0 aliphatic carbocycles. The topological polar surface area (TPSA) is 102 Å². The molecule has 1 N–H and O–H groups in total. The zero-order valence-corrected chi connectivity index (χ0v) is 11.1. The van der Waals surface area contributed by atoms with Gasteiger partial charge in [0.25, 0.3) is 0 Å². The van der Waals surface area contributed by atoms with Crippen LogP contribution in [0.15, 0.2) is 23.4 Å². The van der Waals surface area contributed by atoms with E-state index in [2.05, 4.69) is 10.3 Å². The molecule has 1 aromatic heterocycles. The molecule has 0 amide bonds. The second-order valence-electron chi connectivity index (χ2n) is 4.58. The molecule has 0 spiro atoms. The van der Waals surface area contributed by atoms with Crippen molar-refractivity contribution in [3.8, 4) is 0 Å². The standard InChI is InChI=1S/C11H15N3O4S/c15-14(16)10-4-2-6-13-11(10)19(17,18)8-9-3-1-5-12-7-9/h2,4,6,9,12H,1,3,5,7-8H2. The Labute approximate surface area is 111 Å². The molecule has 0 radical (unpaired) electrons. The molecule has 2 rings (SSSR count). The molecule has 1 aromatic rings. The lowest BCUT2D eigenvalue weighted by Crippen LogP contribution is -2.34. The summed E-state index contributed by atoms with van der Waals surface area (Å²) in [6.07, 6.45) is 3.00. The highest BCUT2D eigenvalue weighted by Gasteiger charge is 2.30. The summed E-state index contributed by atoms with van der Waals surface area (Å²) in [4.78, 5) is 13.8. The lowest BCUT2D eigenvalue weighted by Gasteiger charge is -2.22. The van der Waals surface area contributed by atoms with Crippen molar-refractivity contribution in [2.24, 2.45) is 5.92 Å². The number of sulfone groups is 1. The zero-order valence-electron chi connectivity index (χ0n) is 10.3. The van der Waals surface area contributed by atoms with Crippen LogP contribution in [0.3, 0.4) is 0 Å². The van der Waals surface area contributed by atoms with E-state index in [4.69, 9.17) is 0 Å². The summed E-state index contributed by atoms with van der Waals surface area (Å²) in [6, 6.07) is 2.53. The number of piperidine rings is 1. The van der Waals surface area contributed by atoms with E-state index in [0.717, 1.165) is 19.4 Å². The first-order valence-electron chi connectivity index (χ1n) is 6.03. The number of rotatable bonds is 4. The van der Waals surface area contributed by atoms with E-state index < -0.39 is 25.5 Å². The Kier molecular flexibility index (Phi) is 4.11. The quantitative estimate of drug-likeness (QED) is 0.647. The van der Waals surface area contributed by atoms with Gasteiger partial charge < -0.3 is 5.32 Å². The van der Waals surface area contributed by atoms with E-state index in [1.54, 1.807) is 0 Å². The van der Waals surface area contributed by atoms with Gasteiger partial charge in [-0.15, -0.1) is 0 Å². The van der Waals surface area contributed by atoms with Crippen LogP contribution in [0, 0.1) is 16.0 Å². The lowest BCUT2D eigenvalue weighted by molar-refractivity contribution is -0.388. The summed E-state index contributed by atoms with van der Waals surface area (Å²) in [5.74, 6) is -0.113. The molecule has 7 nitrogen and oxygen atoms in total. The fourth-order valence-corrected chi connectivity index (χ4v) is 3.96. The van der Waals surface area contributed by atoms with Gasteiger partial charge >= 0.3 is 5.69 Å². The van der Waals surface area contributed by atoms with Crippen molar-refractivity contribution in [2.45, 2.75) is 17.9 Å². The van der Waals surface area contributed by atoms with E-state index in [-0.39, 0.29) is 11.7 Å². The summed E-state index contributed by atoms with van der Waals surface area (Å²) >= 11 is 0. The van der Waals surface area contributed by atoms with Gasteiger partial charge in [-0.05, 0) is 37.9 Å². The Hall–Kier alpha value is -1.54. The predicted octanol–water partition coefficient (Wildman–Crippen LogP) is 0.763. The smallest absolute Gasteiger partial charge is 0.306 e. The largest absolute Gasteiger partial charge is 0.316 e. The van der Waals surface area contributed by atoms with Gasteiger partial charge in [-0.25, -0.2) is 13.4 Å². The molecule has 1 atom stereocenters. The highest BCUT2D eigenvalue weighted by molar-refractivity contribution is 7.91. The number of aromatic nitrogens is 1. The second-order valence-corrected chi connectivity index (χ2v) is 6.53. The Morgan fingerprint density at radius 2 is 2.32 bits per heavy atom. The minimum Gasteiger partial charge on any atom is -0.316 e. The average Bonchev–Trinajstić information content (AvgIpc) is 2.39. The molecule has 0 bridgehead atoms. The van der Waals surface area contributed by atoms with Crippen molar-refractivity contribution in [3.05, 3.63) is 28.4 Å². The van der Waals surface area contributed by atoms with E-state index in [1.165, 1.54) is 18.3 Å². The van der Waals surface area contributed by atoms with Crippen molar-refractivity contribution in [2.75, 3.05) is 18.8 Å². The molecule has 1 aliphatic rings. The normalized spacial score (nSPS) is 20.1. The predicted molar refractivity (Wildman–Crippen MR) is 68.5 cm³/mol. The van der Waals surface area contributed by atoms with Gasteiger partial charge in [-0.3, -0.25) is 10.1 Å². The first kappa shape index (κ1) is 13.9. The summed E-state index contributed by atoms with van der Waals surface area (Å²) in [6.45, 7) is 1.51. The molecular weight excluding hydrogens is 270 g/mol. The maximum atomic E-state index is 12.2. The van der Waals surface area contributed by atoms with Gasteiger partial charge in [0.1, 0.15) is 0 Å². The SMILES string of the molecule is O=[N+]([O-])c1cccnc1S(=O)(=O)CC1CCCNC1. The third kappa shape index (κ3) is 3.27. The average molecular weight is 285 g/mol. The third-order valence-corrected chi connectivity index (χ3v) is 4.91. The number of nitro groups is 1. The van der Waals surface area contributed by atoms with Crippen molar-refractivity contribution < 1.29 is 13.3 Å². The first-order chi connectivity index (χ1) is 9.00. The monoisotopic (exact) mass is 285 g/mol. The fourth-order valence-electron chi connectivity index (χ4n) is 2.22. The Balaban J connectivity index is 2.26. The minimum atomic E-state index is -3.73. The van der Waals surface area contributed by atoms with Gasteiger partial charge in [-0.1, -0.05) is 0 Å². The van der Waals surface area contributed by atoms with Crippen molar-refractivity contribution in [1.82, 2.24) is 10.3 Å². The molecule has 1 aliphatic heterocycles. The second kappa shape index (κ2) is 5.62. The molecule has 8 heteroatoms. The van der Waals surface area contributed by atoms with Crippen LogP contribution in [-0.4, -0.2) is 37.2 Å². The van der Waals surface area contributed by atoms with E-state index in [0.29, 0.717) is 6.54 Å². The van der Waals surface area contributed by atoms with Crippen LogP contribution in [-0.2, 0) is 9.84 Å². The van der Waals surface area contributed by atoms with Crippen LogP contribution >= 0.6 is 0 Å². The van der Waals surface area contributed by atoms with Crippen LogP contribution in [0.2, 0.25) is 0 Å². The third-order valence-electron chi connectivity index (χ3n) is 3.10. The summed E-state index contributed by atoms with van der Waals surface area (Å²) in [5, 5.41) is 13.6. The Bertz CT molecular complexity index is 567. The zero-order chi connectivity index (χ0) is 13.9. The first-order valence-corrected chi connectivity index (χ1v) is 7.69. The van der Waals surface area contributed by atoms with Crippen LogP contribution in [0.4, 0.5) is 5.69 Å².